The van der Waals surface area contributed by atoms with Crippen LogP contribution in [-0.2, 0) is 6.42 Å². The molecule has 3 rings (SSSR count). The van der Waals surface area contributed by atoms with Crippen LogP contribution >= 0.6 is 11.3 Å². The zero-order chi connectivity index (χ0) is 16.8. The SMILES string of the molecule is Cc1ccc(C(=O)Nc2nnc(CCOc3ccccc3)s2)cc1. The number of aryl methyl sites for hydroxylation is 1. The summed E-state index contributed by atoms with van der Waals surface area (Å²) in [5.41, 5.74) is 1.72. The lowest BCUT2D eigenvalue weighted by Crippen LogP contribution is -2.11. The third-order valence-electron chi connectivity index (χ3n) is 3.33. The fourth-order valence-corrected chi connectivity index (χ4v) is 2.77. The van der Waals surface area contributed by atoms with E-state index in [0.717, 1.165) is 16.3 Å². The molecule has 0 radical (unpaired) electrons. The van der Waals surface area contributed by atoms with Crippen molar-refractivity contribution in [2.75, 3.05) is 11.9 Å². The van der Waals surface area contributed by atoms with E-state index >= 15 is 0 Å². The first-order valence-electron chi connectivity index (χ1n) is 7.59. The smallest absolute Gasteiger partial charge is 0.257 e. The highest BCUT2D eigenvalue weighted by Crippen LogP contribution is 2.17. The van der Waals surface area contributed by atoms with Crippen LogP contribution in [0.25, 0.3) is 0 Å². The summed E-state index contributed by atoms with van der Waals surface area (Å²) < 4.78 is 5.63. The second kappa shape index (κ2) is 7.70. The Balaban J connectivity index is 1.51. The summed E-state index contributed by atoms with van der Waals surface area (Å²) in [5, 5.41) is 12.2. The van der Waals surface area contributed by atoms with Crippen LogP contribution in [-0.4, -0.2) is 22.7 Å². The van der Waals surface area contributed by atoms with Crippen LogP contribution in [0.2, 0.25) is 0 Å². The van der Waals surface area contributed by atoms with Crippen LogP contribution in [0.15, 0.2) is 54.6 Å². The molecule has 122 valence electrons. The van der Waals surface area contributed by atoms with Crippen molar-refractivity contribution in [1.29, 1.82) is 0 Å². The normalized spacial score (nSPS) is 10.4. The van der Waals surface area contributed by atoms with Gasteiger partial charge in [-0.25, -0.2) is 0 Å². The van der Waals surface area contributed by atoms with Gasteiger partial charge in [0.2, 0.25) is 5.13 Å². The molecule has 3 aromatic rings. The fourth-order valence-electron chi connectivity index (χ4n) is 2.05. The maximum atomic E-state index is 12.1. The standard InChI is InChI=1S/C18H17N3O2S/c1-13-7-9-14(10-8-13)17(22)19-18-21-20-16(24-18)11-12-23-15-5-3-2-4-6-15/h2-10H,11-12H2,1H3,(H,19,21,22). The molecule has 5 nitrogen and oxygen atoms in total. The molecular weight excluding hydrogens is 322 g/mol. The number of benzene rings is 2. The van der Waals surface area contributed by atoms with E-state index in [2.05, 4.69) is 15.5 Å². The molecule has 1 heterocycles. The molecule has 0 aliphatic heterocycles. The first-order chi connectivity index (χ1) is 11.7. The van der Waals surface area contributed by atoms with Gasteiger partial charge in [-0.3, -0.25) is 10.1 Å². The number of carbonyl (C=O) groups is 1. The van der Waals surface area contributed by atoms with E-state index in [-0.39, 0.29) is 5.91 Å². The van der Waals surface area contributed by atoms with Crippen molar-refractivity contribution >= 4 is 22.4 Å². The number of para-hydroxylation sites is 1. The molecule has 1 aromatic heterocycles. The summed E-state index contributed by atoms with van der Waals surface area (Å²) in [6.07, 6.45) is 0.646. The predicted octanol–water partition coefficient (Wildman–Crippen LogP) is 3.72. The molecule has 0 fully saturated rings. The van der Waals surface area contributed by atoms with Crippen molar-refractivity contribution in [3.8, 4) is 5.75 Å². The Morgan fingerprint density at radius 3 is 2.58 bits per heavy atom. The number of ether oxygens (including phenoxy) is 1. The quantitative estimate of drug-likeness (QED) is 0.743. The third kappa shape index (κ3) is 4.39. The van der Waals surface area contributed by atoms with Gasteiger partial charge in [-0.2, -0.15) is 0 Å². The zero-order valence-electron chi connectivity index (χ0n) is 13.2. The Morgan fingerprint density at radius 1 is 1.08 bits per heavy atom. The minimum Gasteiger partial charge on any atom is -0.493 e. The van der Waals surface area contributed by atoms with Crippen LogP contribution in [0.5, 0.6) is 5.75 Å². The zero-order valence-corrected chi connectivity index (χ0v) is 14.0. The van der Waals surface area contributed by atoms with Crippen LogP contribution in [0.1, 0.15) is 20.9 Å². The van der Waals surface area contributed by atoms with Crippen LogP contribution < -0.4 is 10.1 Å². The summed E-state index contributed by atoms with van der Waals surface area (Å²) >= 11 is 1.36. The van der Waals surface area contributed by atoms with Gasteiger partial charge in [0.05, 0.1) is 6.61 Å². The largest absolute Gasteiger partial charge is 0.493 e. The first kappa shape index (κ1) is 16.1. The molecule has 0 atom stereocenters. The van der Waals surface area contributed by atoms with Crippen LogP contribution in [0, 0.1) is 6.92 Å². The Morgan fingerprint density at radius 2 is 1.83 bits per heavy atom. The summed E-state index contributed by atoms with van der Waals surface area (Å²) in [6, 6.07) is 17.0. The van der Waals surface area contributed by atoms with E-state index in [0.29, 0.717) is 23.7 Å². The van der Waals surface area contributed by atoms with Crippen molar-refractivity contribution in [1.82, 2.24) is 10.2 Å². The maximum Gasteiger partial charge on any atom is 0.257 e. The van der Waals surface area contributed by atoms with Crippen molar-refractivity contribution in [2.24, 2.45) is 0 Å². The van der Waals surface area contributed by atoms with Crippen molar-refractivity contribution in [3.05, 3.63) is 70.7 Å². The van der Waals surface area contributed by atoms with Gasteiger partial charge < -0.3 is 4.74 Å². The number of rotatable bonds is 6. The number of nitrogens with zero attached hydrogens (tertiary/aromatic N) is 2. The lowest BCUT2D eigenvalue weighted by Gasteiger charge is -2.03. The molecule has 0 spiro atoms. The van der Waals surface area contributed by atoms with Gasteiger partial charge >= 0.3 is 0 Å². The van der Waals surface area contributed by atoms with Crippen LogP contribution in [0.4, 0.5) is 5.13 Å². The first-order valence-corrected chi connectivity index (χ1v) is 8.40. The van der Waals surface area contributed by atoms with E-state index in [1.807, 2.05) is 49.4 Å². The molecule has 6 heteroatoms. The molecule has 2 aromatic carbocycles. The van der Waals surface area contributed by atoms with Crippen molar-refractivity contribution in [3.63, 3.8) is 0 Å². The molecule has 0 aliphatic rings. The topological polar surface area (TPSA) is 64.1 Å². The van der Waals surface area contributed by atoms with Crippen molar-refractivity contribution in [2.45, 2.75) is 13.3 Å². The van der Waals surface area contributed by atoms with Gasteiger partial charge in [0.1, 0.15) is 10.8 Å². The molecule has 1 N–H and O–H groups in total. The Bertz CT molecular complexity index is 801. The van der Waals surface area contributed by atoms with E-state index < -0.39 is 0 Å². The summed E-state index contributed by atoms with van der Waals surface area (Å²) in [7, 11) is 0. The molecule has 0 saturated carbocycles. The summed E-state index contributed by atoms with van der Waals surface area (Å²) in [6.45, 7) is 2.50. The number of hydrogen-bond donors (Lipinski definition) is 1. The van der Waals surface area contributed by atoms with E-state index in [9.17, 15) is 4.79 Å². The number of amides is 1. The second-order valence-electron chi connectivity index (χ2n) is 5.23. The number of hydrogen-bond acceptors (Lipinski definition) is 5. The average Bonchev–Trinajstić information content (AvgIpc) is 3.04. The van der Waals surface area contributed by atoms with Gasteiger partial charge in [-0.05, 0) is 31.2 Å². The van der Waals surface area contributed by atoms with E-state index in [1.54, 1.807) is 12.1 Å². The Hall–Kier alpha value is -2.73. The van der Waals surface area contributed by atoms with Gasteiger partial charge in [0.15, 0.2) is 0 Å². The third-order valence-corrected chi connectivity index (χ3v) is 4.23. The highest BCUT2D eigenvalue weighted by molar-refractivity contribution is 7.15. The highest BCUT2D eigenvalue weighted by Gasteiger charge is 2.10. The number of nitrogens with one attached hydrogen (secondary N) is 1. The van der Waals surface area contributed by atoms with E-state index in [1.165, 1.54) is 11.3 Å². The minimum atomic E-state index is -0.182. The minimum absolute atomic E-state index is 0.182. The van der Waals surface area contributed by atoms with E-state index in [4.69, 9.17) is 4.74 Å². The predicted molar refractivity (Wildman–Crippen MR) is 94.7 cm³/mol. The van der Waals surface area contributed by atoms with Gasteiger partial charge in [0.25, 0.3) is 5.91 Å². The molecule has 24 heavy (non-hydrogen) atoms. The number of anilines is 1. The summed E-state index contributed by atoms with van der Waals surface area (Å²) in [5.74, 6) is 0.646. The number of aromatic nitrogens is 2. The molecule has 0 bridgehead atoms. The fraction of sp³-hybridized carbons (Fsp3) is 0.167. The van der Waals surface area contributed by atoms with Gasteiger partial charge in [-0.15, -0.1) is 10.2 Å². The maximum absolute atomic E-state index is 12.1. The molecule has 0 saturated heterocycles. The molecular formula is C18H17N3O2S. The highest BCUT2D eigenvalue weighted by atomic mass is 32.1. The lowest BCUT2D eigenvalue weighted by molar-refractivity contribution is 0.102. The Kier molecular flexibility index (Phi) is 5.18. The molecule has 1 amide bonds. The van der Waals surface area contributed by atoms with Crippen molar-refractivity contribution < 1.29 is 9.53 Å². The average molecular weight is 339 g/mol. The Labute approximate surface area is 144 Å². The number of carbonyl (C=O) groups excluding carboxylic acids is 1. The van der Waals surface area contributed by atoms with Crippen LogP contribution in [0.3, 0.4) is 0 Å². The molecule has 0 unspecified atom stereocenters. The second-order valence-corrected chi connectivity index (χ2v) is 6.29. The summed E-state index contributed by atoms with van der Waals surface area (Å²) in [4.78, 5) is 12.1. The van der Waals surface area contributed by atoms with Gasteiger partial charge in [0, 0.05) is 12.0 Å². The monoisotopic (exact) mass is 339 g/mol. The molecule has 0 aliphatic carbocycles. The lowest BCUT2D eigenvalue weighted by atomic mass is 10.1. The van der Waals surface area contributed by atoms with Gasteiger partial charge in [-0.1, -0.05) is 47.2 Å².